The molecule has 1 aromatic carbocycles. The molecule has 2 N–H and O–H groups in total. The Labute approximate surface area is 127 Å². The molecule has 0 atom stereocenters. The zero-order valence-electron chi connectivity index (χ0n) is 14.0. The fourth-order valence-electron chi connectivity index (χ4n) is 1.85. The van der Waals surface area contributed by atoms with Crippen molar-refractivity contribution in [3.63, 3.8) is 0 Å². The van der Waals surface area contributed by atoms with Crippen LogP contribution in [-0.4, -0.2) is 25.9 Å². The van der Waals surface area contributed by atoms with E-state index in [2.05, 4.69) is 10.6 Å². The molecule has 1 aromatic rings. The van der Waals surface area contributed by atoms with E-state index in [-0.39, 0.29) is 5.54 Å². The monoisotopic (exact) mass is 294 g/mol. The van der Waals surface area contributed by atoms with Crippen LogP contribution in [0.3, 0.4) is 0 Å². The van der Waals surface area contributed by atoms with Crippen molar-refractivity contribution in [1.29, 1.82) is 0 Å². The maximum Gasteiger partial charge on any atom is 0.412 e. The van der Waals surface area contributed by atoms with Gasteiger partial charge in [0.15, 0.2) is 0 Å². The van der Waals surface area contributed by atoms with Crippen LogP contribution in [0.4, 0.5) is 10.5 Å². The number of anilines is 1. The average Bonchev–Trinajstić information content (AvgIpc) is 2.36. The van der Waals surface area contributed by atoms with Gasteiger partial charge in [-0.3, -0.25) is 5.32 Å². The van der Waals surface area contributed by atoms with Crippen LogP contribution in [-0.2, 0) is 10.3 Å². The van der Waals surface area contributed by atoms with E-state index in [4.69, 9.17) is 9.47 Å². The van der Waals surface area contributed by atoms with E-state index in [0.717, 1.165) is 5.56 Å². The third-order valence-corrected chi connectivity index (χ3v) is 3.16. The highest BCUT2D eigenvalue weighted by atomic mass is 16.6. The second-order valence-electron chi connectivity index (χ2n) is 6.41. The van der Waals surface area contributed by atoms with Gasteiger partial charge in [0.1, 0.15) is 11.4 Å². The summed E-state index contributed by atoms with van der Waals surface area (Å²) in [6.07, 6.45) is -0.482. The van der Waals surface area contributed by atoms with E-state index in [9.17, 15) is 4.79 Å². The molecule has 5 heteroatoms. The molecule has 0 aliphatic heterocycles. The minimum Gasteiger partial charge on any atom is -0.497 e. The molecule has 118 valence electrons. The third kappa shape index (κ3) is 4.93. The smallest absolute Gasteiger partial charge is 0.412 e. The Hall–Kier alpha value is -1.75. The Morgan fingerprint density at radius 1 is 1.14 bits per heavy atom. The molecule has 5 nitrogen and oxygen atoms in total. The summed E-state index contributed by atoms with van der Waals surface area (Å²) in [5, 5.41) is 6.03. The standard InChI is InChI=1S/C16H26N2O3/c1-15(2,3)21-14(19)18-13-10-11(20-7)8-9-12(13)16(4,5)17-6/h8-10,17H,1-7H3,(H,18,19). The van der Waals surface area contributed by atoms with E-state index in [1.165, 1.54) is 0 Å². The van der Waals surface area contributed by atoms with E-state index in [1.807, 2.05) is 53.8 Å². The number of carbonyl (C=O) groups excluding carboxylic acids is 1. The largest absolute Gasteiger partial charge is 0.497 e. The Kier molecular flexibility index (Phi) is 5.23. The number of nitrogens with one attached hydrogen (secondary N) is 2. The fourth-order valence-corrected chi connectivity index (χ4v) is 1.85. The van der Waals surface area contributed by atoms with Crippen LogP contribution in [0.25, 0.3) is 0 Å². The highest BCUT2D eigenvalue weighted by Crippen LogP contribution is 2.31. The molecule has 0 radical (unpaired) electrons. The number of hydrogen-bond donors (Lipinski definition) is 2. The van der Waals surface area contributed by atoms with Crippen molar-refractivity contribution in [3.8, 4) is 5.75 Å². The van der Waals surface area contributed by atoms with Gasteiger partial charge in [-0.2, -0.15) is 0 Å². The normalized spacial score (nSPS) is 12.0. The maximum absolute atomic E-state index is 12.0. The van der Waals surface area contributed by atoms with Gasteiger partial charge in [-0.25, -0.2) is 4.79 Å². The van der Waals surface area contributed by atoms with Gasteiger partial charge in [-0.15, -0.1) is 0 Å². The van der Waals surface area contributed by atoms with E-state index >= 15 is 0 Å². The number of rotatable bonds is 4. The van der Waals surface area contributed by atoms with Crippen molar-refractivity contribution < 1.29 is 14.3 Å². The quantitative estimate of drug-likeness (QED) is 0.892. The zero-order chi connectivity index (χ0) is 16.3. The molecule has 0 spiro atoms. The summed E-state index contributed by atoms with van der Waals surface area (Å²) in [5.41, 5.74) is 0.790. The van der Waals surface area contributed by atoms with Gasteiger partial charge < -0.3 is 14.8 Å². The minimum atomic E-state index is -0.540. The SMILES string of the molecule is CNC(C)(C)c1ccc(OC)cc1NC(=O)OC(C)(C)C. The highest BCUT2D eigenvalue weighted by molar-refractivity contribution is 5.86. The molecular weight excluding hydrogens is 268 g/mol. The number of benzene rings is 1. The Bertz CT molecular complexity index is 505. The predicted molar refractivity (Wildman–Crippen MR) is 84.9 cm³/mol. The van der Waals surface area contributed by atoms with Crippen molar-refractivity contribution in [2.75, 3.05) is 19.5 Å². The van der Waals surface area contributed by atoms with Gasteiger partial charge in [0, 0.05) is 11.6 Å². The summed E-state index contributed by atoms with van der Waals surface area (Å²) in [4.78, 5) is 12.0. The first kappa shape index (κ1) is 17.3. The summed E-state index contributed by atoms with van der Waals surface area (Å²) in [7, 11) is 3.47. The maximum atomic E-state index is 12.0. The first-order valence-corrected chi connectivity index (χ1v) is 6.96. The molecule has 0 bridgehead atoms. The first-order valence-electron chi connectivity index (χ1n) is 6.96. The Morgan fingerprint density at radius 3 is 2.24 bits per heavy atom. The Balaban J connectivity index is 3.11. The summed E-state index contributed by atoms with van der Waals surface area (Å²) < 4.78 is 10.5. The topological polar surface area (TPSA) is 59.6 Å². The zero-order valence-corrected chi connectivity index (χ0v) is 14.0. The van der Waals surface area contributed by atoms with E-state index < -0.39 is 11.7 Å². The van der Waals surface area contributed by atoms with Crippen molar-refractivity contribution in [2.45, 2.75) is 45.8 Å². The van der Waals surface area contributed by atoms with Crippen molar-refractivity contribution in [2.24, 2.45) is 0 Å². The lowest BCUT2D eigenvalue weighted by Crippen LogP contribution is -2.35. The van der Waals surface area contributed by atoms with Crippen molar-refractivity contribution in [3.05, 3.63) is 23.8 Å². The molecule has 0 saturated carbocycles. The summed E-state index contributed by atoms with van der Waals surface area (Å²) >= 11 is 0. The number of carbonyl (C=O) groups is 1. The van der Waals surface area contributed by atoms with Crippen LogP contribution >= 0.6 is 0 Å². The van der Waals surface area contributed by atoms with Crippen LogP contribution in [0.1, 0.15) is 40.2 Å². The molecule has 0 aromatic heterocycles. The second-order valence-corrected chi connectivity index (χ2v) is 6.41. The van der Waals surface area contributed by atoms with Crippen molar-refractivity contribution in [1.82, 2.24) is 5.32 Å². The minimum absolute atomic E-state index is 0.295. The van der Waals surface area contributed by atoms with Gasteiger partial charge in [0.25, 0.3) is 0 Å². The molecular formula is C16H26N2O3. The van der Waals surface area contributed by atoms with Gasteiger partial charge in [-0.05, 0) is 53.3 Å². The number of methoxy groups -OCH3 is 1. The molecule has 0 saturated heterocycles. The number of amides is 1. The molecule has 0 aliphatic rings. The average molecular weight is 294 g/mol. The molecule has 0 unspecified atom stereocenters. The fraction of sp³-hybridized carbons (Fsp3) is 0.562. The molecule has 0 heterocycles. The van der Waals surface area contributed by atoms with Crippen LogP contribution in [0.2, 0.25) is 0 Å². The number of ether oxygens (including phenoxy) is 2. The lowest BCUT2D eigenvalue weighted by molar-refractivity contribution is 0.0635. The number of hydrogen-bond acceptors (Lipinski definition) is 4. The molecule has 0 fully saturated rings. The van der Waals surface area contributed by atoms with E-state index in [1.54, 1.807) is 13.2 Å². The van der Waals surface area contributed by atoms with Gasteiger partial charge >= 0.3 is 6.09 Å². The Morgan fingerprint density at radius 2 is 1.76 bits per heavy atom. The van der Waals surface area contributed by atoms with E-state index in [0.29, 0.717) is 11.4 Å². The highest BCUT2D eigenvalue weighted by Gasteiger charge is 2.24. The van der Waals surface area contributed by atoms with Crippen LogP contribution in [0, 0.1) is 0 Å². The third-order valence-electron chi connectivity index (χ3n) is 3.16. The lowest BCUT2D eigenvalue weighted by Gasteiger charge is -2.28. The van der Waals surface area contributed by atoms with Gasteiger partial charge in [0.2, 0.25) is 0 Å². The van der Waals surface area contributed by atoms with Crippen molar-refractivity contribution >= 4 is 11.8 Å². The molecule has 1 amide bonds. The predicted octanol–water partition coefficient (Wildman–Crippen LogP) is 3.50. The summed E-state index contributed by atoms with van der Waals surface area (Å²) in [6.45, 7) is 9.56. The first-order chi connectivity index (χ1) is 9.59. The molecule has 1 rings (SSSR count). The van der Waals surface area contributed by atoms with Gasteiger partial charge in [-0.1, -0.05) is 6.07 Å². The van der Waals surface area contributed by atoms with Gasteiger partial charge in [0.05, 0.1) is 12.8 Å². The lowest BCUT2D eigenvalue weighted by atomic mass is 9.92. The summed E-state index contributed by atoms with van der Waals surface area (Å²) in [5.74, 6) is 0.678. The summed E-state index contributed by atoms with van der Waals surface area (Å²) in [6, 6.07) is 5.59. The van der Waals surface area contributed by atoms with Crippen LogP contribution in [0.15, 0.2) is 18.2 Å². The van der Waals surface area contributed by atoms with Crippen LogP contribution < -0.4 is 15.4 Å². The molecule has 0 aliphatic carbocycles. The molecule has 21 heavy (non-hydrogen) atoms. The second kappa shape index (κ2) is 6.35. The van der Waals surface area contributed by atoms with Crippen LogP contribution in [0.5, 0.6) is 5.75 Å².